The first-order valence-corrected chi connectivity index (χ1v) is 6.86. The number of rotatable bonds is 6. The van der Waals surface area contributed by atoms with Crippen LogP contribution >= 0.6 is 0 Å². The van der Waals surface area contributed by atoms with Gasteiger partial charge in [0.1, 0.15) is 0 Å². The van der Waals surface area contributed by atoms with Gasteiger partial charge in [0.15, 0.2) is 0 Å². The molecule has 20 heavy (non-hydrogen) atoms. The number of halogens is 3. The fraction of sp³-hybridized carbons (Fsp3) is 0.923. The number of likely N-dealkylation sites (N-methyl/N-ethyl adjacent to an activating group) is 1. The van der Waals surface area contributed by atoms with E-state index in [2.05, 4.69) is 0 Å². The molecule has 0 N–H and O–H groups in total. The number of carbonyl (C=O) groups excluding carboxylic acids is 1. The van der Waals surface area contributed by atoms with E-state index in [9.17, 15) is 18.0 Å². The maximum Gasteiger partial charge on any atom is 0.390 e. The van der Waals surface area contributed by atoms with E-state index in [0.29, 0.717) is 26.2 Å². The van der Waals surface area contributed by atoms with Gasteiger partial charge in [-0.2, -0.15) is 13.2 Å². The van der Waals surface area contributed by atoms with Crippen molar-refractivity contribution in [3.8, 4) is 0 Å². The molecule has 0 spiro atoms. The number of methoxy groups -OCH3 is 1. The summed E-state index contributed by atoms with van der Waals surface area (Å²) in [5.41, 5.74) is 0. The zero-order valence-corrected chi connectivity index (χ0v) is 12.1. The van der Waals surface area contributed by atoms with E-state index in [1.165, 1.54) is 0 Å². The quantitative estimate of drug-likeness (QED) is 0.749. The zero-order chi connectivity index (χ0) is 15.2. The van der Waals surface area contributed by atoms with Crippen molar-refractivity contribution in [2.45, 2.75) is 25.4 Å². The van der Waals surface area contributed by atoms with Crippen molar-refractivity contribution in [1.82, 2.24) is 9.80 Å². The van der Waals surface area contributed by atoms with E-state index in [4.69, 9.17) is 4.74 Å². The third-order valence-electron chi connectivity index (χ3n) is 3.57. The molecule has 1 heterocycles. The summed E-state index contributed by atoms with van der Waals surface area (Å²) in [5.74, 6) is -0.197. The van der Waals surface area contributed by atoms with Gasteiger partial charge in [0.05, 0.1) is 18.9 Å². The van der Waals surface area contributed by atoms with Crippen molar-refractivity contribution < 1.29 is 22.7 Å². The summed E-state index contributed by atoms with van der Waals surface area (Å²) in [4.78, 5) is 15.5. The number of hydrogen-bond acceptors (Lipinski definition) is 3. The Balaban J connectivity index is 2.41. The molecule has 0 saturated carbocycles. The van der Waals surface area contributed by atoms with Crippen LogP contribution in [0.2, 0.25) is 0 Å². The molecule has 0 radical (unpaired) electrons. The third-order valence-corrected chi connectivity index (χ3v) is 3.57. The average Bonchev–Trinajstić information content (AvgIpc) is 2.41. The molecule has 1 aliphatic heterocycles. The van der Waals surface area contributed by atoms with Gasteiger partial charge in [-0.15, -0.1) is 0 Å². The van der Waals surface area contributed by atoms with Gasteiger partial charge in [-0.1, -0.05) is 0 Å². The van der Waals surface area contributed by atoms with E-state index in [-0.39, 0.29) is 18.4 Å². The molecular formula is C13H23F3N2O2. The monoisotopic (exact) mass is 296 g/mol. The van der Waals surface area contributed by atoms with Gasteiger partial charge in [0.2, 0.25) is 5.91 Å². The van der Waals surface area contributed by atoms with Gasteiger partial charge in [-0.25, -0.2) is 0 Å². The van der Waals surface area contributed by atoms with Crippen LogP contribution in [-0.4, -0.2) is 68.8 Å². The van der Waals surface area contributed by atoms with Crippen LogP contribution in [-0.2, 0) is 9.53 Å². The number of piperidine rings is 1. The van der Waals surface area contributed by atoms with Gasteiger partial charge in [0.25, 0.3) is 0 Å². The van der Waals surface area contributed by atoms with Gasteiger partial charge < -0.3 is 14.5 Å². The summed E-state index contributed by atoms with van der Waals surface area (Å²) in [6, 6.07) is 0. The number of likely N-dealkylation sites (tertiary alicyclic amines) is 1. The molecule has 0 aromatic heterocycles. The van der Waals surface area contributed by atoms with Gasteiger partial charge >= 0.3 is 6.18 Å². The maximum atomic E-state index is 12.2. The second-order valence-electron chi connectivity index (χ2n) is 5.26. The number of alkyl halides is 3. The molecule has 7 heteroatoms. The molecule has 118 valence electrons. The lowest BCUT2D eigenvalue weighted by Crippen LogP contribution is -2.45. The van der Waals surface area contributed by atoms with Crippen LogP contribution < -0.4 is 0 Å². The molecule has 1 amide bonds. The second kappa shape index (κ2) is 7.83. The predicted octanol–water partition coefficient (Wildman–Crippen LogP) is 1.76. The molecule has 0 aromatic rings. The van der Waals surface area contributed by atoms with Gasteiger partial charge in [0, 0.05) is 33.8 Å². The molecule has 1 aliphatic rings. The lowest BCUT2D eigenvalue weighted by atomic mass is 9.96. The van der Waals surface area contributed by atoms with Crippen molar-refractivity contribution in [3.63, 3.8) is 0 Å². The first-order chi connectivity index (χ1) is 9.33. The Labute approximate surface area is 117 Å². The summed E-state index contributed by atoms with van der Waals surface area (Å²) in [5, 5.41) is 0. The molecule has 0 aromatic carbocycles. The molecule has 1 rings (SSSR count). The van der Waals surface area contributed by atoms with Gasteiger partial charge in [-0.05, 0) is 19.4 Å². The smallest absolute Gasteiger partial charge is 0.383 e. The molecule has 0 aliphatic carbocycles. The minimum absolute atomic E-state index is 0.00115. The Hall–Kier alpha value is -0.820. The van der Waals surface area contributed by atoms with Crippen molar-refractivity contribution >= 4 is 5.91 Å². The zero-order valence-electron chi connectivity index (χ0n) is 12.1. The normalized spacial score (nSPS) is 20.9. The number of carbonyl (C=O) groups is 1. The number of amides is 1. The standard InChI is InChI=1S/C13H23F3N2O2/c1-17(8-9-20-2)12(19)11-4-3-6-18(10-11)7-5-13(14,15)16/h11H,3-10H2,1-2H3/t11-/m0/s1. The van der Waals surface area contributed by atoms with Crippen molar-refractivity contribution in [1.29, 1.82) is 0 Å². The summed E-state index contributed by atoms with van der Waals surface area (Å²) in [6.07, 6.45) is -3.43. The fourth-order valence-corrected chi connectivity index (χ4v) is 2.40. The van der Waals surface area contributed by atoms with E-state index in [1.807, 2.05) is 0 Å². The Bertz CT molecular complexity index is 310. The Morgan fingerprint density at radius 2 is 2.15 bits per heavy atom. The van der Waals surface area contributed by atoms with E-state index in [0.717, 1.165) is 12.8 Å². The number of hydrogen-bond donors (Lipinski definition) is 0. The first kappa shape index (κ1) is 17.2. The molecule has 0 unspecified atom stereocenters. The van der Waals surface area contributed by atoms with Crippen molar-refractivity contribution in [3.05, 3.63) is 0 Å². The van der Waals surface area contributed by atoms with E-state index in [1.54, 1.807) is 24.0 Å². The molecular weight excluding hydrogens is 273 g/mol. The minimum atomic E-state index is -4.13. The molecule has 4 nitrogen and oxygen atoms in total. The van der Waals surface area contributed by atoms with E-state index < -0.39 is 12.6 Å². The van der Waals surface area contributed by atoms with Crippen molar-refractivity contribution in [2.75, 3.05) is 46.9 Å². The average molecular weight is 296 g/mol. The highest BCUT2D eigenvalue weighted by molar-refractivity contribution is 5.78. The van der Waals surface area contributed by atoms with Crippen LogP contribution in [0.3, 0.4) is 0 Å². The fourth-order valence-electron chi connectivity index (χ4n) is 2.40. The van der Waals surface area contributed by atoms with Crippen LogP contribution in [0.1, 0.15) is 19.3 Å². The number of nitrogens with zero attached hydrogens (tertiary/aromatic N) is 2. The highest BCUT2D eigenvalue weighted by Gasteiger charge is 2.31. The van der Waals surface area contributed by atoms with Crippen LogP contribution in [0.25, 0.3) is 0 Å². The summed E-state index contributed by atoms with van der Waals surface area (Å²) in [6.45, 7) is 2.02. The first-order valence-electron chi connectivity index (χ1n) is 6.86. The largest absolute Gasteiger partial charge is 0.390 e. The van der Waals surface area contributed by atoms with Gasteiger partial charge in [-0.3, -0.25) is 4.79 Å². The topological polar surface area (TPSA) is 32.8 Å². The van der Waals surface area contributed by atoms with Crippen LogP contribution in [0.4, 0.5) is 13.2 Å². The maximum absolute atomic E-state index is 12.2. The molecule has 1 fully saturated rings. The summed E-state index contributed by atoms with van der Waals surface area (Å²) < 4.78 is 41.6. The molecule has 0 bridgehead atoms. The summed E-state index contributed by atoms with van der Waals surface area (Å²) in [7, 11) is 3.27. The van der Waals surface area contributed by atoms with Crippen LogP contribution in [0.15, 0.2) is 0 Å². The molecule has 1 saturated heterocycles. The van der Waals surface area contributed by atoms with E-state index >= 15 is 0 Å². The van der Waals surface area contributed by atoms with Crippen LogP contribution in [0.5, 0.6) is 0 Å². The lowest BCUT2D eigenvalue weighted by Gasteiger charge is -2.34. The Morgan fingerprint density at radius 3 is 2.75 bits per heavy atom. The third kappa shape index (κ3) is 6.09. The van der Waals surface area contributed by atoms with Crippen molar-refractivity contribution in [2.24, 2.45) is 5.92 Å². The Kier molecular flexibility index (Phi) is 6.75. The summed E-state index contributed by atoms with van der Waals surface area (Å²) >= 11 is 0. The lowest BCUT2D eigenvalue weighted by molar-refractivity contribution is -0.141. The molecule has 1 atom stereocenters. The highest BCUT2D eigenvalue weighted by Crippen LogP contribution is 2.23. The predicted molar refractivity (Wildman–Crippen MR) is 69.3 cm³/mol. The minimum Gasteiger partial charge on any atom is -0.383 e. The Morgan fingerprint density at radius 1 is 1.45 bits per heavy atom. The van der Waals surface area contributed by atoms with Crippen LogP contribution in [0, 0.1) is 5.92 Å². The SMILES string of the molecule is COCCN(C)C(=O)[C@H]1CCCN(CCC(F)(F)F)C1. The second-order valence-corrected chi connectivity index (χ2v) is 5.26. The number of ether oxygens (including phenoxy) is 1. The highest BCUT2D eigenvalue weighted by atomic mass is 19.4.